The number of carbonyl (C=O) groups is 1. The molecule has 0 aliphatic rings. The molecule has 0 aliphatic heterocycles. The van der Waals surface area contributed by atoms with Crippen LogP contribution >= 0.6 is 11.3 Å². The Labute approximate surface area is 148 Å². The van der Waals surface area contributed by atoms with Gasteiger partial charge >= 0.3 is 5.97 Å². The van der Waals surface area contributed by atoms with Crippen LogP contribution in [-0.2, 0) is 22.6 Å². The highest BCUT2D eigenvalue weighted by atomic mass is 32.1. The average molecular weight is 355 g/mol. The van der Waals surface area contributed by atoms with E-state index in [4.69, 9.17) is 4.74 Å². The first-order valence-electron chi connectivity index (χ1n) is 7.85. The Balaban J connectivity index is 1.66. The molecule has 6 nitrogen and oxygen atoms in total. The number of hydrogen-bond donors (Lipinski definition) is 0. The number of carbonyl (C=O) groups excluding carboxylic acids is 1. The molecule has 0 saturated carbocycles. The summed E-state index contributed by atoms with van der Waals surface area (Å²) in [6.45, 7) is 3.91. The molecule has 0 aliphatic carbocycles. The number of aromatic nitrogens is 3. The zero-order valence-corrected chi connectivity index (χ0v) is 14.7. The lowest BCUT2D eigenvalue weighted by Crippen LogP contribution is -2.16. The van der Waals surface area contributed by atoms with Gasteiger partial charge in [-0.2, -0.15) is 9.61 Å². The molecule has 0 saturated heterocycles. The molecule has 2 aromatic heterocycles. The van der Waals surface area contributed by atoms with Crippen molar-refractivity contribution in [2.24, 2.45) is 0 Å². The van der Waals surface area contributed by atoms with Crippen LogP contribution in [0.5, 0.6) is 0 Å². The third-order valence-electron chi connectivity index (χ3n) is 3.49. The zero-order chi connectivity index (χ0) is 17.8. The monoisotopic (exact) mass is 355 g/mol. The second kappa shape index (κ2) is 7.40. The van der Waals surface area contributed by atoms with Crippen molar-refractivity contribution in [2.75, 3.05) is 0 Å². The fraction of sp³-hybridized carbons (Fsp3) is 0.222. The minimum Gasteiger partial charge on any atom is -0.456 e. The molecule has 1 aromatic carbocycles. The fourth-order valence-electron chi connectivity index (χ4n) is 2.15. The predicted molar refractivity (Wildman–Crippen MR) is 96.5 cm³/mol. The average Bonchev–Trinajstić information content (AvgIpc) is 3.03. The summed E-state index contributed by atoms with van der Waals surface area (Å²) in [5.41, 5.74) is 2.20. The molecule has 0 fully saturated rings. The minimum atomic E-state index is -0.485. The molecule has 0 unspecified atom stereocenters. The van der Waals surface area contributed by atoms with Gasteiger partial charge in [0.15, 0.2) is 0 Å². The molecule has 7 heteroatoms. The van der Waals surface area contributed by atoms with E-state index in [2.05, 4.69) is 10.1 Å². The van der Waals surface area contributed by atoms with Crippen molar-refractivity contribution < 1.29 is 9.53 Å². The van der Waals surface area contributed by atoms with Crippen molar-refractivity contribution in [2.45, 2.75) is 26.9 Å². The first-order chi connectivity index (χ1) is 12.0. The van der Waals surface area contributed by atoms with Gasteiger partial charge in [-0.3, -0.25) is 4.79 Å². The Morgan fingerprint density at radius 3 is 2.80 bits per heavy atom. The molecule has 0 amide bonds. The molecule has 3 aromatic rings. The van der Waals surface area contributed by atoms with Crippen LogP contribution in [0, 0.1) is 6.92 Å². The minimum absolute atomic E-state index is 0.0534. The zero-order valence-electron chi connectivity index (χ0n) is 13.9. The van der Waals surface area contributed by atoms with E-state index in [9.17, 15) is 9.59 Å². The smallest absolute Gasteiger partial charge is 0.331 e. The van der Waals surface area contributed by atoms with Crippen molar-refractivity contribution in [3.8, 4) is 0 Å². The van der Waals surface area contributed by atoms with Gasteiger partial charge in [0, 0.05) is 12.1 Å². The second-order valence-corrected chi connectivity index (χ2v) is 6.52. The summed E-state index contributed by atoms with van der Waals surface area (Å²) in [6.07, 6.45) is 3.78. The van der Waals surface area contributed by atoms with Crippen molar-refractivity contribution in [1.82, 2.24) is 14.6 Å². The summed E-state index contributed by atoms with van der Waals surface area (Å²) in [5.74, 6) is -0.485. The highest BCUT2D eigenvalue weighted by Crippen LogP contribution is 2.12. The van der Waals surface area contributed by atoms with Crippen LogP contribution in [0.2, 0.25) is 0 Å². The van der Waals surface area contributed by atoms with E-state index in [0.717, 1.165) is 22.6 Å². The third kappa shape index (κ3) is 4.19. The number of fused-ring (bicyclic) bond motifs is 1. The Hall–Kier alpha value is -2.80. The summed E-state index contributed by atoms with van der Waals surface area (Å²) in [7, 11) is 0. The predicted octanol–water partition coefficient (Wildman–Crippen LogP) is 2.78. The number of hydrogen-bond acceptors (Lipinski definition) is 6. The third-order valence-corrected chi connectivity index (χ3v) is 4.55. The van der Waals surface area contributed by atoms with E-state index < -0.39 is 5.97 Å². The molecule has 0 bridgehead atoms. The molecular weight excluding hydrogens is 338 g/mol. The maximum absolute atomic E-state index is 12.0. The fourth-order valence-corrected chi connectivity index (χ4v) is 3.01. The Kier molecular flexibility index (Phi) is 5.04. The van der Waals surface area contributed by atoms with Gasteiger partial charge in [-0.25, -0.2) is 9.78 Å². The maximum atomic E-state index is 12.0. The molecule has 128 valence electrons. The van der Waals surface area contributed by atoms with Gasteiger partial charge in [0.2, 0.25) is 4.96 Å². The van der Waals surface area contributed by atoms with Crippen molar-refractivity contribution in [3.63, 3.8) is 0 Å². The van der Waals surface area contributed by atoms with Gasteiger partial charge in [-0.15, -0.1) is 0 Å². The van der Waals surface area contributed by atoms with Crippen LogP contribution in [0.15, 0.2) is 41.2 Å². The molecular formula is C18H17N3O3S. The van der Waals surface area contributed by atoms with E-state index in [1.165, 1.54) is 28.0 Å². The number of nitrogens with zero attached hydrogens (tertiary/aromatic N) is 3. The second-order valence-electron chi connectivity index (χ2n) is 5.48. The van der Waals surface area contributed by atoms with Crippen LogP contribution in [0.4, 0.5) is 0 Å². The quantitative estimate of drug-likeness (QED) is 0.520. The summed E-state index contributed by atoms with van der Waals surface area (Å²) in [4.78, 5) is 28.7. The SMILES string of the molecule is CCc1nn2c(=O)cc(COC(=O)/C=C/c3ccc(C)cc3)nc2s1. The van der Waals surface area contributed by atoms with E-state index in [1.807, 2.05) is 38.1 Å². The Morgan fingerprint density at radius 1 is 1.32 bits per heavy atom. The van der Waals surface area contributed by atoms with Crippen LogP contribution < -0.4 is 5.56 Å². The number of esters is 1. The highest BCUT2D eigenvalue weighted by Gasteiger charge is 2.09. The number of rotatable bonds is 5. The van der Waals surface area contributed by atoms with Crippen LogP contribution in [0.3, 0.4) is 0 Å². The molecule has 0 atom stereocenters. The Bertz CT molecular complexity index is 987. The molecule has 0 radical (unpaired) electrons. The van der Waals surface area contributed by atoms with E-state index in [1.54, 1.807) is 6.08 Å². The summed E-state index contributed by atoms with van der Waals surface area (Å²) >= 11 is 1.35. The first-order valence-corrected chi connectivity index (χ1v) is 8.67. The lowest BCUT2D eigenvalue weighted by atomic mass is 10.1. The topological polar surface area (TPSA) is 73.6 Å². The van der Waals surface area contributed by atoms with Gasteiger partial charge < -0.3 is 4.74 Å². The molecule has 0 N–H and O–H groups in total. The van der Waals surface area contributed by atoms with Gasteiger partial charge in [-0.1, -0.05) is 48.1 Å². The number of benzene rings is 1. The molecule has 2 heterocycles. The first kappa shape index (κ1) is 17.0. The highest BCUT2D eigenvalue weighted by molar-refractivity contribution is 7.16. The molecule has 0 spiro atoms. The van der Waals surface area contributed by atoms with Crippen LogP contribution in [0.25, 0.3) is 11.0 Å². The van der Waals surface area contributed by atoms with Gasteiger partial charge in [0.05, 0.1) is 5.69 Å². The molecule has 3 rings (SSSR count). The van der Waals surface area contributed by atoms with Gasteiger partial charge in [0.25, 0.3) is 5.56 Å². The van der Waals surface area contributed by atoms with Gasteiger partial charge in [0.1, 0.15) is 11.6 Å². The lowest BCUT2D eigenvalue weighted by molar-refractivity contribution is -0.139. The maximum Gasteiger partial charge on any atom is 0.331 e. The van der Waals surface area contributed by atoms with Crippen LogP contribution in [-0.4, -0.2) is 20.6 Å². The summed E-state index contributed by atoms with van der Waals surface area (Å²) in [5, 5.41) is 5.01. The number of aryl methyl sites for hydroxylation is 2. The van der Waals surface area contributed by atoms with E-state index in [-0.39, 0.29) is 12.2 Å². The molecule has 25 heavy (non-hydrogen) atoms. The van der Waals surface area contributed by atoms with Crippen molar-refractivity contribution in [3.05, 3.63) is 68.6 Å². The van der Waals surface area contributed by atoms with Crippen molar-refractivity contribution in [1.29, 1.82) is 0 Å². The normalized spacial score (nSPS) is 11.3. The Morgan fingerprint density at radius 2 is 2.08 bits per heavy atom. The van der Waals surface area contributed by atoms with Crippen molar-refractivity contribution >= 4 is 28.3 Å². The summed E-state index contributed by atoms with van der Waals surface area (Å²) in [6, 6.07) is 9.12. The van der Waals surface area contributed by atoms with E-state index in [0.29, 0.717) is 10.7 Å². The van der Waals surface area contributed by atoms with E-state index >= 15 is 0 Å². The van der Waals surface area contributed by atoms with Crippen LogP contribution in [0.1, 0.15) is 28.8 Å². The summed E-state index contributed by atoms with van der Waals surface area (Å²) < 4.78 is 6.43. The standard InChI is InChI=1S/C18H17N3O3S/c1-3-15-20-21-16(22)10-14(19-18(21)25-15)11-24-17(23)9-8-13-6-4-12(2)5-7-13/h4-10H,3,11H2,1-2H3/b9-8+. The number of ether oxygens (including phenoxy) is 1. The largest absolute Gasteiger partial charge is 0.456 e. The lowest BCUT2D eigenvalue weighted by Gasteiger charge is -2.01. The van der Waals surface area contributed by atoms with Gasteiger partial charge in [-0.05, 0) is 25.0 Å².